The molecule has 1 aromatic rings. The lowest BCUT2D eigenvalue weighted by Crippen LogP contribution is -2.52. The van der Waals surface area contributed by atoms with Crippen molar-refractivity contribution in [1.82, 2.24) is 14.9 Å². The Balaban J connectivity index is 1.57. The molecule has 2 atom stereocenters. The number of carbonyl (C=O) groups excluding carboxylic acids is 1. The molecule has 7 nitrogen and oxygen atoms in total. The molecular formula is C21H30F3N3O4S. The van der Waals surface area contributed by atoms with Crippen LogP contribution in [-0.2, 0) is 14.8 Å². The molecule has 180 valence electrons. The molecule has 3 rings (SSSR count). The first-order valence-corrected chi connectivity index (χ1v) is 12.7. The van der Waals surface area contributed by atoms with Crippen LogP contribution in [0, 0.1) is 0 Å². The van der Waals surface area contributed by atoms with Crippen LogP contribution in [0.25, 0.3) is 0 Å². The Morgan fingerprint density at radius 1 is 1.12 bits per heavy atom. The van der Waals surface area contributed by atoms with Gasteiger partial charge >= 0.3 is 12.2 Å². The van der Waals surface area contributed by atoms with Gasteiger partial charge in [0, 0.05) is 12.6 Å². The summed E-state index contributed by atoms with van der Waals surface area (Å²) < 4.78 is 69.5. The average molecular weight is 478 g/mol. The maximum absolute atomic E-state index is 12.5. The minimum Gasteiger partial charge on any atom is -0.376 e. The third-order valence-electron chi connectivity index (χ3n) is 6.06. The van der Waals surface area contributed by atoms with Gasteiger partial charge in [0.25, 0.3) is 0 Å². The first-order chi connectivity index (χ1) is 15.0. The summed E-state index contributed by atoms with van der Waals surface area (Å²) in [6.45, 7) is -1.23. The number of hydrogen-bond donors (Lipinski definition) is 2. The fraction of sp³-hybridized carbons (Fsp3) is 0.667. The molecule has 2 amide bonds. The van der Waals surface area contributed by atoms with Crippen LogP contribution in [-0.4, -0.2) is 69.7 Å². The lowest BCUT2D eigenvalue weighted by atomic mass is 9.83. The molecule has 0 radical (unpaired) electrons. The van der Waals surface area contributed by atoms with Crippen molar-refractivity contribution in [3.05, 3.63) is 35.9 Å². The summed E-state index contributed by atoms with van der Waals surface area (Å²) in [5.41, 5.74) is 1.30. The van der Waals surface area contributed by atoms with Gasteiger partial charge in [0.05, 0.1) is 25.0 Å². The first kappa shape index (κ1) is 24.8. The molecule has 1 saturated heterocycles. The van der Waals surface area contributed by atoms with Crippen LogP contribution in [0.3, 0.4) is 0 Å². The largest absolute Gasteiger partial charge is 0.405 e. The molecule has 0 spiro atoms. The normalized spacial score (nSPS) is 26.8. The van der Waals surface area contributed by atoms with Crippen molar-refractivity contribution in [2.24, 2.45) is 0 Å². The first-order valence-electron chi connectivity index (χ1n) is 10.8. The molecule has 2 fully saturated rings. The van der Waals surface area contributed by atoms with Crippen LogP contribution in [0.5, 0.6) is 0 Å². The number of nitrogens with zero attached hydrogens (tertiary/aromatic N) is 1. The van der Waals surface area contributed by atoms with Gasteiger partial charge in [-0.3, -0.25) is 0 Å². The number of benzene rings is 1. The molecule has 1 aliphatic heterocycles. The number of sulfonamides is 1. The predicted molar refractivity (Wildman–Crippen MR) is 114 cm³/mol. The number of likely N-dealkylation sites (tertiary alicyclic amines) is 1. The fourth-order valence-electron chi connectivity index (χ4n) is 4.52. The van der Waals surface area contributed by atoms with Crippen molar-refractivity contribution in [2.75, 3.05) is 26.0 Å². The summed E-state index contributed by atoms with van der Waals surface area (Å²) in [4.78, 5) is 13.6. The van der Waals surface area contributed by atoms with Crippen molar-refractivity contribution < 1.29 is 31.1 Å². The number of carbonyl (C=O) groups is 1. The Hall–Kier alpha value is -1.85. The van der Waals surface area contributed by atoms with Gasteiger partial charge in [-0.2, -0.15) is 13.2 Å². The zero-order valence-electron chi connectivity index (χ0n) is 18.0. The van der Waals surface area contributed by atoms with Crippen LogP contribution < -0.4 is 10.0 Å². The molecule has 1 heterocycles. The molecule has 2 N–H and O–H groups in total. The van der Waals surface area contributed by atoms with Gasteiger partial charge in [0.1, 0.15) is 6.54 Å². The van der Waals surface area contributed by atoms with E-state index in [1.165, 1.54) is 10.5 Å². The maximum Gasteiger partial charge on any atom is 0.405 e. The fourth-order valence-corrected chi connectivity index (χ4v) is 5.35. The lowest BCUT2D eigenvalue weighted by molar-refractivity contribution is -0.123. The Morgan fingerprint density at radius 2 is 1.78 bits per heavy atom. The van der Waals surface area contributed by atoms with Crippen molar-refractivity contribution in [3.63, 3.8) is 0 Å². The van der Waals surface area contributed by atoms with E-state index in [-0.39, 0.29) is 19.3 Å². The highest BCUT2D eigenvalue weighted by Crippen LogP contribution is 2.34. The smallest absolute Gasteiger partial charge is 0.376 e. The number of urea groups is 1. The molecule has 0 bridgehead atoms. The molecular weight excluding hydrogens is 447 g/mol. The number of amides is 2. The molecule has 2 aliphatic rings. The van der Waals surface area contributed by atoms with E-state index in [0.29, 0.717) is 12.3 Å². The number of rotatable bonds is 7. The van der Waals surface area contributed by atoms with Crippen molar-refractivity contribution in [1.29, 1.82) is 0 Å². The number of hydrogen-bond acceptors (Lipinski definition) is 4. The van der Waals surface area contributed by atoms with Crippen molar-refractivity contribution in [3.8, 4) is 0 Å². The minimum absolute atomic E-state index is 0.0328. The van der Waals surface area contributed by atoms with Crippen LogP contribution in [0.1, 0.15) is 43.6 Å². The second-order valence-corrected chi connectivity index (χ2v) is 10.3. The molecule has 11 heteroatoms. The van der Waals surface area contributed by atoms with Gasteiger partial charge in [-0.05, 0) is 43.6 Å². The summed E-state index contributed by atoms with van der Waals surface area (Å²) in [5.74, 6) is 0.465. The van der Waals surface area contributed by atoms with Gasteiger partial charge in [0.15, 0.2) is 0 Å². The van der Waals surface area contributed by atoms with Gasteiger partial charge < -0.3 is 15.0 Å². The second kappa shape index (κ2) is 10.4. The zero-order chi connectivity index (χ0) is 23.4. The maximum atomic E-state index is 12.5. The summed E-state index contributed by atoms with van der Waals surface area (Å²) in [6, 6.07) is 8.09. The van der Waals surface area contributed by atoms with Crippen LogP contribution in [0.4, 0.5) is 18.0 Å². The Bertz CT molecular complexity index is 859. The van der Waals surface area contributed by atoms with E-state index >= 15 is 0 Å². The third-order valence-corrected chi connectivity index (χ3v) is 6.79. The van der Waals surface area contributed by atoms with Gasteiger partial charge in [-0.25, -0.2) is 17.9 Å². The van der Waals surface area contributed by atoms with Gasteiger partial charge in [-0.1, -0.05) is 30.3 Å². The molecule has 32 heavy (non-hydrogen) atoms. The summed E-state index contributed by atoms with van der Waals surface area (Å²) >= 11 is 0. The topological polar surface area (TPSA) is 87.7 Å². The minimum atomic E-state index is -4.52. The van der Waals surface area contributed by atoms with E-state index in [2.05, 4.69) is 16.9 Å². The SMILES string of the molecule is CS(=O)(=O)NC1CCN(C(=O)NCC(F)(F)F)C1COC1CCC(c2ccccc2)CC1. The number of ether oxygens (including phenoxy) is 1. The van der Waals surface area contributed by atoms with E-state index in [0.717, 1.165) is 31.9 Å². The Labute approximate surface area is 186 Å². The molecule has 0 aromatic heterocycles. The monoisotopic (exact) mass is 477 g/mol. The van der Waals surface area contributed by atoms with E-state index in [1.54, 1.807) is 0 Å². The average Bonchev–Trinajstić information content (AvgIpc) is 3.11. The lowest BCUT2D eigenvalue weighted by Gasteiger charge is -2.33. The second-order valence-electron chi connectivity index (χ2n) is 8.54. The van der Waals surface area contributed by atoms with E-state index < -0.39 is 40.9 Å². The quantitative estimate of drug-likeness (QED) is 0.632. The highest BCUT2D eigenvalue weighted by molar-refractivity contribution is 7.88. The van der Waals surface area contributed by atoms with Crippen LogP contribution >= 0.6 is 0 Å². The van der Waals surface area contributed by atoms with Crippen LogP contribution in [0.2, 0.25) is 0 Å². The zero-order valence-corrected chi connectivity index (χ0v) is 18.8. The summed E-state index contributed by atoms with van der Waals surface area (Å²) in [5, 5.41) is 1.87. The predicted octanol–water partition coefficient (Wildman–Crippen LogP) is 2.99. The van der Waals surface area contributed by atoms with Crippen LogP contribution in [0.15, 0.2) is 30.3 Å². The third kappa shape index (κ3) is 7.35. The Kier molecular flexibility index (Phi) is 8.05. The number of halogens is 3. The van der Waals surface area contributed by atoms with Crippen molar-refractivity contribution >= 4 is 16.1 Å². The summed E-state index contributed by atoms with van der Waals surface area (Å²) in [6.07, 6.45) is 0.343. The highest BCUT2D eigenvalue weighted by atomic mass is 32.2. The van der Waals surface area contributed by atoms with E-state index in [1.807, 2.05) is 23.5 Å². The van der Waals surface area contributed by atoms with Gasteiger partial charge in [0.2, 0.25) is 10.0 Å². The highest BCUT2D eigenvalue weighted by Gasteiger charge is 2.40. The molecule has 1 aromatic carbocycles. The molecule has 1 aliphatic carbocycles. The molecule has 2 unspecified atom stereocenters. The Morgan fingerprint density at radius 3 is 2.38 bits per heavy atom. The standard InChI is InChI=1S/C21H30F3N3O4S/c1-32(29,30)26-18-11-12-27(20(28)25-14-21(22,23)24)19(18)13-31-17-9-7-16(8-10-17)15-5-3-2-4-6-15/h2-6,16-19,26H,7-14H2,1H3,(H,25,28). The number of nitrogens with one attached hydrogen (secondary N) is 2. The molecule has 1 saturated carbocycles. The van der Waals surface area contributed by atoms with Crippen molar-refractivity contribution in [2.45, 2.75) is 62.4 Å². The summed E-state index contributed by atoms with van der Waals surface area (Å²) in [7, 11) is -3.55. The van der Waals surface area contributed by atoms with Gasteiger partial charge in [-0.15, -0.1) is 0 Å². The number of alkyl halides is 3. The van der Waals surface area contributed by atoms with E-state index in [4.69, 9.17) is 4.74 Å². The van der Waals surface area contributed by atoms with E-state index in [9.17, 15) is 26.4 Å².